The van der Waals surface area contributed by atoms with Crippen LogP contribution < -0.4 is 10.2 Å². The minimum Gasteiger partial charge on any atom is -0.343 e. The monoisotopic (exact) mass is 479 g/mol. The molecule has 1 aromatic heterocycles. The first-order chi connectivity index (χ1) is 14.9. The highest BCUT2D eigenvalue weighted by Gasteiger charge is 2.29. The molecule has 3 aromatic rings. The minimum atomic E-state index is -0.259. The number of nitrogens with one attached hydrogen (secondary N) is 1. The molecule has 10 heteroatoms. The summed E-state index contributed by atoms with van der Waals surface area (Å²) in [6, 6.07) is 11.2. The molecule has 162 valence electrons. The first kappa shape index (κ1) is 21.8. The van der Waals surface area contributed by atoms with E-state index in [1.165, 1.54) is 23.7 Å². The van der Waals surface area contributed by atoms with Gasteiger partial charge in [0, 0.05) is 49.3 Å². The molecule has 4 rings (SSSR count). The molecule has 1 unspecified atom stereocenters. The van der Waals surface area contributed by atoms with E-state index in [1.807, 2.05) is 6.92 Å². The topological polar surface area (TPSA) is 61.4 Å². The number of carbonyl (C=O) groups excluding carboxylic acids is 1. The molecule has 1 saturated heterocycles. The van der Waals surface area contributed by atoms with Gasteiger partial charge >= 0.3 is 6.03 Å². The molecule has 0 aliphatic carbocycles. The standard InChI is InChI=1S/C21H20Cl2FN5OS/c1-13-12-28(21-26-19(27-31-21)10-14-2-4-15(24)5-3-14)8-9-29(13)20(30)25-16-6-7-17(22)18(23)11-16/h2-7,11,13H,8-10,12H2,1H3,(H,25,30). The van der Waals surface area contributed by atoms with Crippen molar-refractivity contribution in [1.29, 1.82) is 0 Å². The van der Waals surface area contributed by atoms with E-state index in [-0.39, 0.29) is 17.9 Å². The molecule has 0 saturated carbocycles. The Morgan fingerprint density at radius 1 is 1.19 bits per heavy atom. The number of hydrogen-bond acceptors (Lipinski definition) is 5. The van der Waals surface area contributed by atoms with Crippen molar-refractivity contribution >= 4 is 51.6 Å². The van der Waals surface area contributed by atoms with E-state index in [9.17, 15) is 9.18 Å². The predicted molar refractivity (Wildman–Crippen MR) is 123 cm³/mol. The van der Waals surface area contributed by atoms with E-state index >= 15 is 0 Å². The summed E-state index contributed by atoms with van der Waals surface area (Å²) < 4.78 is 17.5. The van der Waals surface area contributed by atoms with E-state index in [2.05, 4.69) is 19.6 Å². The second kappa shape index (κ2) is 9.38. The molecule has 0 radical (unpaired) electrons. The largest absolute Gasteiger partial charge is 0.343 e. The van der Waals surface area contributed by atoms with Crippen LogP contribution in [0.2, 0.25) is 10.0 Å². The predicted octanol–water partition coefficient (Wildman–Crippen LogP) is 5.32. The smallest absolute Gasteiger partial charge is 0.322 e. The van der Waals surface area contributed by atoms with Crippen molar-refractivity contribution in [2.24, 2.45) is 0 Å². The van der Waals surface area contributed by atoms with Gasteiger partial charge < -0.3 is 15.1 Å². The summed E-state index contributed by atoms with van der Waals surface area (Å²) >= 11 is 13.3. The van der Waals surface area contributed by atoms with Crippen LogP contribution in [0.4, 0.5) is 20.0 Å². The summed E-state index contributed by atoms with van der Waals surface area (Å²) in [5.41, 5.74) is 1.56. The van der Waals surface area contributed by atoms with Crippen molar-refractivity contribution in [2.75, 3.05) is 29.9 Å². The fourth-order valence-corrected chi connectivity index (χ4v) is 4.45. The molecule has 2 heterocycles. The lowest BCUT2D eigenvalue weighted by atomic mass is 10.1. The highest BCUT2D eigenvalue weighted by atomic mass is 35.5. The van der Waals surface area contributed by atoms with Crippen LogP contribution in [0.5, 0.6) is 0 Å². The van der Waals surface area contributed by atoms with Crippen LogP contribution in [0.1, 0.15) is 18.3 Å². The summed E-state index contributed by atoms with van der Waals surface area (Å²) in [4.78, 5) is 21.3. The zero-order chi connectivity index (χ0) is 22.0. The minimum absolute atomic E-state index is 0.0130. The van der Waals surface area contributed by atoms with Gasteiger partial charge in [0.05, 0.1) is 10.0 Å². The van der Waals surface area contributed by atoms with E-state index in [4.69, 9.17) is 23.2 Å². The van der Waals surface area contributed by atoms with E-state index < -0.39 is 0 Å². The lowest BCUT2D eigenvalue weighted by molar-refractivity contribution is 0.185. The molecule has 2 amide bonds. The van der Waals surface area contributed by atoms with Crippen LogP contribution >= 0.6 is 34.7 Å². The molecular formula is C21H20Cl2FN5OS. The van der Waals surface area contributed by atoms with E-state index in [0.29, 0.717) is 47.6 Å². The summed E-state index contributed by atoms with van der Waals surface area (Å²) in [5.74, 6) is 0.449. The molecule has 1 aliphatic heterocycles. The van der Waals surface area contributed by atoms with Crippen molar-refractivity contribution in [3.05, 3.63) is 69.7 Å². The fourth-order valence-electron chi connectivity index (χ4n) is 3.43. The Kier molecular flexibility index (Phi) is 6.60. The molecule has 31 heavy (non-hydrogen) atoms. The van der Waals surface area contributed by atoms with Crippen LogP contribution in [0.25, 0.3) is 0 Å². The van der Waals surface area contributed by atoms with Gasteiger partial charge in [-0.05, 0) is 42.8 Å². The zero-order valence-electron chi connectivity index (χ0n) is 16.7. The molecule has 1 N–H and O–H groups in total. The first-order valence-corrected chi connectivity index (χ1v) is 11.3. The molecule has 1 atom stereocenters. The maximum Gasteiger partial charge on any atom is 0.322 e. The quantitative estimate of drug-likeness (QED) is 0.550. The normalized spacial score (nSPS) is 16.5. The molecule has 0 bridgehead atoms. The molecular weight excluding hydrogens is 460 g/mol. The number of carbonyl (C=O) groups is 1. The number of anilines is 2. The van der Waals surface area contributed by atoms with Crippen LogP contribution in [-0.2, 0) is 6.42 Å². The number of benzene rings is 2. The van der Waals surface area contributed by atoms with Crippen LogP contribution in [0, 0.1) is 5.82 Å². The lowest BCUT2D eigenvalue weighted by Gasteiger charge is -2.39. The highest BCUT2D eigenvalue weighted by Crippen LogP contribution is 2.26. The van der Waals surface area contributed by atoms with Gasteiger partial charge in [-0.1, -0.05) is 35.3 Å². The third kappa shape index (κ3) is 5.26. The molecule has 1 aliphatic rings. The van der Waals surface area contributed by atoms with Gasteiger partial charge in [-0.2, -0.15) is 4.37 Å². The van der Waals surface area contributed by atoms with Gasteiger partial charge in [-0.15, -0.1) is 0 Å². The van der Waals surface area contributed by atoms with Crippen molar-refractivity contribution in [1.82, 2.24) is 14.3 Å². The SMILES string of the molecule is CC1CN(c2nc(Cc3ccc(F)cc3)ns2)CCN1C(=O)Nc1ccc(Cl)c(Cl)c1. The Hall–Kier alpha value is -2.42. The Labute approximate surface area is 193 Å². The summed E-state index contributed by atoms with van der Waals surface area (Å²) in [6.07, 6.45) is 0.554. The average molecular weight is 480 g/mol. The van der Waals surface area contributed by atoms with Gasteiger partial charge in [0.1, 0.15) is 11.6 Å². The van der Waals surface area contributed by atoms with Gasteiger partial charge in [-0.3, -0.25) is 0 Å². The van der Waals surface area contributed by atoms with Crippen molar-refractivity contribution < 1.29 is 9.18 Å². The van der Waals surface area contributed by atoms with Gasteiger partial charge in [0.2, 0.25) is 5.13 Å². The van der Waals surface area contributed by atoms with Crippen molar-refractivity contribution in [2.45, 2.75) is 19.4 Å². The van der Waals surface area contributed by atoms with Gasteiger partial charge in [0.25, 0.3) is 0 Å². The molecule has 0 spiro atoms. The van der Waals surface area contributed by atoms with Crippen molar-refractivity contribution in [3.8, 4) is 0 Å². The van der Waals surface area contributed by atoms with Crippen LogP contribution in [0.15, 0.2) is 42.5 Å². The van der Waals surface area contributed by atoms with Gasteiger partial charge in [0.15, 0.2) is 0 Å². The molecule has 1 fully saturated rings. The number of piperazine rings is 1. The maximum absolute atomic E-state index is 13.1. The zero-order valence-corrected chi connectivity index (χ0v) is 19.0. The summed E-state index contributed by atoms with van der Waals surface area (Å²) in [6.45, 7) is 3.87. The third-order valence-electron chi connectivity index (χ3n) is 5.06. The van der Waals surface area contributed by atoms with Crippen molar-refractivity contribution in [3.63, 3.8) is 0 Å². The second-order valence-electron chi connectivity index (χ2n) is 7.34. The highest BCUT2D eigenvalue weighted by molar-refractivity contribution is 7.09. The lowest BCUT2D eigenvalue weighted by Crippen LogP contribution is -2.55. The van der Waals surface area contributed by atoms with E-state index in [1.54, 1.807) is 35.2 Å². The molecule has 6 nitrogen and oxygen atoms in total. The second-order valence-corrected chi connectivity index (χ2v) is 8.89. The number of halogens is 3. The first-order valence-electron chi connectivity index (χ1n) is 9.73. The summed E-state index contributed by atoms with van der Waals surface area (Å²) in [5, 5.41) is 4.54. The van der Waals surface area contributed by atoms with Gasteiger partial charge in [-0.25, -0.2) is 14.2 Å². The van der Waals surface area contributed by atoms with Crippen LogP contribution in [0.3, 0.4) is 0 Å². The number of rotatable bonds is 4. The number of amides is 2. The Morgan fingerprint density at radius 3 is 2.68 bits per heavy atom. The van der Waals surface area contributed by atoms with E-state index in [0.717, 1.165) is 10.7 Å². The summed E-state index contributed by atoms with van der Waals surface area (Å²) in [7, 11) is 0. The maximum atomic E-state index is 13.1. The molecule has 2 aromatic carbocycles. The van der Waals surface area contributed by atoms with Crippen LogP contribution in [-0.4, -0.2) is 46.0 Å². The Morgan fingerprint density at radius 2 is 1.97 bits per heavy atom. The Balaban J connectivity index is 1.35. The number of aromatic nitrogens is 2. The number of urea groups is 1. The average Bonchev–Trinajstić information content (AvgIpc) is 3.21. The Bertz CT molecular complexity index is 1080. The fraction of sp³-hybridized carbons (Fsp3) is 0.286. The number of nitrogens with zero attached hydrogens (tertiary/aromatic N) is 4. The third-order valence-corrected chi connectivity index (χ3v) is 6.62. The number of hydrogen-bond donors (Lipinski definition) is 1.